The average Bonchev–Trinajstić information content (AvgIpc) is 3.16. The van der Waals surface area contributed by atoms with Gasteiger partial charge in [-0.3, -0.25) is 0 Å². The lowest BCUT2D eigenvalue weighted by molar-refractivity contribution is 0.840. The van der Waals surface area contributed by atoms with E-state index in [0.717, 1.165) is 24.9 Å². The molecule has 1 atom stereocenters. The van der Waals surface area contributed by atoms with Gasteiger partial charge in [0.05, 0.1) is 0 Å². The quantitative estimate of drug-likeness (QED) is 0.175. The zero-order valence-corrected chi connectivity index (χ0v) is 26.5. The highest BCUT2D eigenvalue weighted by atomic mass is 15.1. The van der Waals surface area contributed by atoms with Crippen molar-refractivity contribution >= 4 is 27.7 Å². The van der Waals surface area contributed by atoms with Gasteiger partial charge in [0, 0.05) is 23.0 Å². The summed E-state index contributed by atoms with van der Waals surface area (Å²) in [6.45, 7) is 0. The maximum Gasteiger partial charge on any atom is 0.0467 e. The minimum Gasteiger partial charge on any atom is -0.311 e. The van der Waals surface area contributed by atoms with Gasteiger partial charge in [-0.1, -0.05) is 152 Å². The topological polar surface area (TPSA) is 3.24 Å². The van der Waals surface area contributed by atoms with Gasteiger partial charge >= 0.3 is 0 Å². The first kappa shape index (κ1) is 28.8. The van der Waals surface area contributed by atoms with Gasteiger partial charge in [-0.15, -0.1) is 0 Å². The fraction of sp³-hybridized carbons (Fsp3) is 0.0870. The molecule has 2 aliphatic rings. The summed E-state index contributed by atoms with van der Waals surface area (Å²) in [6.07, 6.45) is 16.9. The monoisotopic (exact) mass is 603 g/mol. The van der Waals surface area contributed by atoms with Gasteiger partial charge in [0.1, 0.15) is 0 Å². The fourth-order valence-electron chi connectivity index (χ4n) is 7.06. The first-order valence-corrected chi connectivity index (χ1v) is 16.7. The van der Waals surface area contributed by atoms with Crippen LogP contribution in [0.4, 0.5) is 11.4 Å². The average molecular weight is 604 g/mol. The molecule has 1 heteroatoms. The molecule has 6 aromatic rings. The van der Waals surface area contributed by atoms with E-state index >= 15 is 0 Å². The maximum atomic E-state index is 2.43. The van der Waals surface area contributed by atoms with Crippen LogP contribution in [-0.2, 0) is 0 Å². The van der Waals surface area contributed by atoms with E-state index in [1.807, 2.05) is 0 Å². The Hall–Kier alpha value is -5.66. The fourth-order valence-corrected chi connectivity index (χ4v) is 7.06. The molecular formula is C46H37N. The van der Waals surface area contributed by atoms with Crippen molar-refractivity contribution in [3.05, 3.63) is 199 Å². The Bertz CT molecular complexity index is 2140. The van der Waals surface area contributed by atoms with Gasteiger partial charge in [-0.25, -0.2) is 0 Å². The summed E-state index contributed by atoms with van der Waals surface area (Å²) < 4.78 is 0. The molecule has 0 aromatic heterocycles. The van der Waals surface area contributed by atoms with Gasteiger partial charge in [0.25, 0.3) is 0 Å². The number of hydrogen-bond acceptors (Lipinski definition) is 1. The molecule has 0 fully saturated rings. The third-order valence-electron chi connectivity index (χ3n) is 9.50. The number of hydrogen-bond donors (Lipinski definition) is 0. The smallest absolute Gasteiger partial charge is 0.0467 e. The lowest BCUT2D eigenvalue weighted by atomic mass is 9.87. The van der Waals surface area contributed by atoms with Gasteiger partial charge in [-0.2, -0.15) is 0 Å². The van der Waals surface area contributed by atoms with E-state index in [4.69, 9.17) is 0 Å². The summed E-state index contributed by atoms with van der Waals surface area (Å²) in [5, 5.41) is 2.55. The van der Waals surface area contributed by atoms with Crippen molar-refractivity contribution in [1.82, 2.24) is 0 Å². The van der Waals surface area contributed by atoms with Gasteiger partial charge in [-0.05, 0) is 99.3 Å². The zero-order chi connectivity index (χ0) is 31.4. The van der Waals surface area contributed by atoms with Crippen LogP contribution in [0, 0.1) is 0 Å². The van der Waals surface area contributed by atoms with Crippen LogP contribution in [-0.4, -0.2) is 0 Å². The van der Waals surface area contributed by atoms with Crippen molar-refractivity contribution < 1.29 is 0 Å². The Balaban J connectivity index is 1.25. The molecule has 0 N–H and O–H groups in total. The Labute approximate surface area is 278 Å². The molecule has 0 saturated heterocycles. The second-order valence-electron chi connectivity index (χ2n) is 12.4. The minimum atomic E-state index is 0.380. The predicted molar refractivity (Wildman–Crippen MR) is 201 cm³/mol. The van der Waals surface area contributed by atoms with E-state index in [9.17, 15) is 0 Å². The molecule has 0 heterocycles. The normalized spacial score (nSPS) is 15.7. The van der Waals surface area contributed by atoms with E-state index < -0.39 is 0 Å². The van der Waals surface area contributed by atoms with Crippen molar-refractivity contribution in [3.63, 3.8) is 0 Å². The molecule has 1 unspecified atom stereocenters. The third kappa shape index (κ3) is 5.89. The van der Waals surface area contributed by atoms with E-state index in [1.54, 1.807) is 0 Å². The standard InChI is InChI=1S/C46H37N/c1-4-13-34(14-5-1)36-23-27-40(28-24-36)47(41-29-25-37(26-30-41)35-15-6-2-7-16-35)42-31-32-45(46(33-42)39-17-8-3-9-18-39)44-22-12-20-38-19-10-11-21-43(38)44/h1-8,10-17,19-25,27-33,37H,9,18,26H2. The SMILES string of the molecule is C1=CCCC(c2cc(N(C3=CCC(c4ccccc4)C=C3)c3ccc(-c4ccccc4)cc3)ccc2-c2cccc3ccccc23)=C1. The molecule has 1 nitrogen and oxygen atoms in total. The van der Waals surface area contributed by atoms with Gasteiger partial charge < -0.3 is 4.90 Å². The molecule has 226 valence electrons. The van der Waals surface area contributed by atoms with Crippen LogP contribution in [0.15, 0.2) is 188 Å². The summed E-state index contributed by atoms with van der Waals surface area (Å²) in [4.78, 5) is 2.43. The Morgan fingerprint density at radius 1 is 0.574 bits per heavy atom. The molecule has 8 rings (SSSR count). The zero-order valence-electron chi connectivity index (χ0n) is 26.5. The van der Waals surface area contributed by atoms with Crippen LogP contribution in [0.3, 0.4) is 0 Å². The number of allylic oxidation sites excluding steroid dienone is 7. The largest absolute Gasteiger partial charge is 0.311 e. The number of nitrogens with zero attached hydrogens (tertiary/aromatic N) is 1. The van der Waals surface area contributed by atoms with Crippen molar-refractivity contribution in [2.24, 2.45) is 0 Å². The molecular weight excluding hydrogens is 567 g/mol. The summed E-state index contributed by atoms with van der Waals surface area (Å²) in [7, 11) is 0. The van der Waals surface area contributed by atoms with Crippen LogP contribution in [0.25, 0.3) is 38.6 Å². The van der Waals surface area contributed by atoms with Crippen molar-refractivity contribution in [2.75, 3.05) is 4.90 Å². The Morgan fingerprint density at radius 2 is 1.30 bits per heavy atom. The highest BCUT2D eigenvalue weighted by molar-refractivity contribution is 6.00. The first-order valence-electron chi connectivity index (χ1n) is 16.7. The van der Waals surface area contributed by atoms with E-state index in [1.165, 1.54) is 61.1 Å². The summed E-state index contributed by atoms with van der Waals surface area (Å²) in [5.74, 6) is 0.380. The maximum absolute atomic E-state index is 2.43. The van der Waals surface area contributed by atoms with Crippen molar-refractivity contribution in [1.29, 1.82) is 0 Å². The van der Waals surface area contributed by atoms with E-state index in [-0.39, 0.29) is 0 Å². The van der Waals surface area contributed by atoms with E-state index in [2.05, 4.69) is 187 Å². The summed E-state index contributed by atoms with van der Waals surface area (Å²) >= 11 is 0. The molecule has 0 spiro atoms. The van der Waals surface area contributed by atoms with Crippen LogP contribution >= 0.6 is 0 Å². The Morgan fingerprint density at radius 3 is 2.06 bits per heavy atom. The van der Waals surface area contributed by atoms with Crippen LogP contribution in [0.1, 0.15) is 36.3 Å². The molecule has 2 aliphatic carbocycles. The molecule has 0 saturated carbocycles. The van der Waals surface area contributed by atoms with Crippen LogP contribution in [0.5, 0.6) is 0 Å². The third-order valence-corrected chi connectivity index (χ3v) is 9.50. The van der Waals surface area contributed by atoms with Crippen LogP contribution in [0.2, 0.25) is 0 Å². The molecule has 0 aliphatic heterocycles. The lowest BCUT2D eigenvalue weighted by Crippen LogP contribution is -2.17. The first-order chi connectivity index (χ1) is 23.3. The molecule has 47 heavy (non-hydrogen) atoms. The number of fused-ring (bicyclic) bond motifs is 1. The number of anilines is 2. The van der Waals surface area contributed by atoms with Gasteiger partial charge in [0.15, 0.2) is 0 Å². The molecule has 0 amide bonds. The highest BCUT2D eigenvalue weighted by Crippen LogP contribution is 2.42. The van der Waals surface area contributed by atoms with Crippen molar-refractivity contribution in [2.45, 2.75) is 25.2 Å². The Kier molecular flexibility index (Phi) is 7.95. The lowest BCUT2D eigenvalue weighted by Gasteiger charge is -2.30. The molecule has 6 aromatic carbocycles. The second kappa shape index (κ2) is 13.0. The predicted octanol–water partition coefficient (Wildman–Crippen LogP) is 12.7. The number of benzene rings is 6. The molecule has 0 radical (unpaired) electrons. The van der Waals surface area contributed by atoms with E-state index in [0.29, 0.717) is 5.92 Å². The van der Waals surface area contributed by atoms with Gasteiger partial charge in [0.2, 0.25) is 0 Å². The number of rotatable bonds is 7. The van der Waals surface area contributed by atoms with Crippen LogP contribution < -0.4 is 4.90 Å². The second-order valence-corrected chi connectivity index (χ2v) is 12.4. The molecule has 0 bridgehead atoms. The summed E-state index contributed by atoms with van der Waals surface area (Å²) in [5.41, 5.74) is 12.6. The van der Waals surface area contributed by atoms with Crippen molar-refractivity contribution in [3.8, 4) is 22.3 Å². The minimum absolute atomic E-state index is 0.380. The summed E-state index contributed by atoms with van der Waals surface area (Å²) in [6, 6.07) is 53.0. The highest BCUT2D eigenvalue weighted by Gasteiger charge is 2.21.